The van der Waals surface area contributed by atoms with Gasteiger partial charge in [-0.3, -0.25) is 4.79 Å². The van der Waals surface area contributed by atoms with Gasteiger partial charge in [-0.05, 0) is 56.9 Å². The Bertz CT molecular complexity index is 773. The maximum absolute atomic E-state index is 11.6. The number of nitrogens with zero attached hydrogens (tertiary/aromatic N) is 1. The van der Waals surface area contributed by atoms with Gasteiger partial charge in [-0.2, -0.15) is 0 Å². The molecule has 0 saturated carbocycles. The summed E-state index contributed by atoms with van der Waals surface area (Å²) in [5, 5.41) is 0. The minimum absolute atomic E-state index is 0.441. The van der Waals surface area contributed by atoms with Crippen molar-refractivity contribution >= 4 is 24.6 Å². The fourth-order valence-corrected chi connectivity index (χ4v) is 3.03. The van der Waals surface area contributed by atoms with Gasteiger partial charge in [0.05, 0.1) is 11.2 Å². The first-order valence-electron chi connectivity index (χ1n) is 8.93. The standard InChI is InChI=1S/C21H26BNO3/c1-20(2)21(3,4)26-22(25-20)19-13-18(12-11-17(19)15-24)23(5)14-16-9-7-6-8-10-16/h6-13,15H,14H2,1-5H3. The Morgan fingerprint density at radius 2 is 1.62 bits per heavy atom. The third-order valence-corrected chi connectivity index (χ3v) is 5.41. The zero-order valence-corrected chi connectivity index (χ0v) is 16.2. The van der Waals surface area contributed by atoms with E-state index in [1.165, 1.54) is 5.56 Å². The lowest BCUT2D eigenvalue weighted by Crippen LogP contribution is -2.41. The molecule has 3 rings (SSSR count). The van der Waals surface area contributed by atoms with Crippen molar-refractivity contribution in [1.29, 1.82) is 0 Å². The Labute approximate surface area is 156 Å². The van der Waals surface area contributed by atoms with E-state index in [9.17, 15) is 4.79 Å². The van der Waals surface area contributed by atoms with E-state index in [0.717, 1.165) is 24.0 Å². The van der Waals surface area contributed by atoms with Gasteiger partial charge in [0, 0.05) is 24.8 Å². The number of benzene rings is 2. The van der Waals surface area contributed by atoms with Crippen molar-refractivity contribution in [3.8, 4) is 0 Å². The molecular formula is C21H26BNO3. The second kappa shape index (κ2) is 6.90. The molecule has 1 heterocycles. The van der Waals surface area contributed by atoms with Crippen LogP contribution in [0, 0.1) is 0 Å². The van der Waals surface area contributed by atoms with E-state index in [-0.39, 0.29) is 0 Å². The van der Waals surface area contributed by atoms with E-state index in [2.05, 4.69) is 17.0 Å². The Morgan fingerprint density at radius 3 is 2.19 bits per heavy atom. The van der Waals surface area contributed by atoms with Crippen molar-refractivity contribution in [3.05, 3.63) is 59.7 Å². The Balaban J connectivity index is 1.89. The predicted molar refractivity (Wildman–Crippen MR) is 106 cm³/mol. The average Bonchev–Trinajstić information content (AvgIpc) is 2.82. The molecule has 1 aliphatic rings. The van der Waals surface area contributed by atoms with Crippen molar-refractivity contribution in [2.75, 3.05) is 11.9 Å². The molecule has 5 heteroatoms. The second-order valence-electron chi connectivity index (χ2n) is 7.86. The normalized spacial score (nSPS) is 18.0. The van der Waals surface area contributed by atoms with Gasteiger partial charge >= 0.3 is 7.12 Å². The molecule has 2 aromatic rings. The Kier molecular flexibility index (Phi) is 4.95. The monoisotopic (exact) mass is 351 g/mol. The molecule has 0 aliphatic carbocycles. The summed E-state index contributed by atoms with van der Waals surface area (Å²) in [7, 11) is 1.49. The van der Waals surface area contributed by atoms with Crippen molar-refractivity contribution in [2.45, 2.75) is 45.4 Å². The minimum atomic E-state index is -0.551. The lowest BCUT2D eigenvalue weighted by molar-refractivity contribution is 0.00578. The molecule has 0 spiro atoms. The molecular weight excluding hydrogens is 325 g/mol. The molecule has 1 aliphatic heterocycles. The third kappa shape index (κ3) is 3.55. The molecule has 4 nitrogen and oxygen atoms in total. The van der Waals surface area contributed by atoms with Crippen LogP contribution in [0.4, 0.5) is 5.69 Å². The maximum Gasteiger partial charge on any atom is 0.495 e. The number of rotatable bonds is 5. The summed E-state index contributed by atoms with van der Waals surface area (Å²) in [6, 6.07) is 16.1. The average molecular weight is 351 g/mol. The van der Waals surface area contributed by atoms with E-state index in [1.807, 2.05) is 71.1 Å². The van der Waals surface area contributed by atoms with Crippen LogP contribution in [0.3, 0.4) is 0 Å². The van der Waals surface area contributed by atoms with Gasteiger partial charge in [-0.1, -0.05) is 30.3 Å². The number of anilines is 1. The fourth-order valence-electron chi connectivity index (χ4n) is 3.03. The van der Waals surface area contributed by atoms with Crippen LogP contribution in [-0.2, 0) is 15.9 Å². The summed E-state index contributed by atoms with van der Waals surface area (Å²) in [5.74, 6) is 0. The molecule has 0 unspecified atom stereocenters. The topological polar surface area (TPSA) is 38.8 Å². The molecule has 0 aromatic heterocycles. The highest BCUT2D eigenvalue weighted by molar-refractivity contribution is 6.63. The van der Waals surface area contributed by atoms with Gasteiger partial charge < -0.3 is 14.2 Å². The molecule has 26 heavy (non-hydrogen) atoms. The highest BCUT2D eigenvalue weighted by Crippen LogP contribution is 2.36. The third-order valence-electron chi connectivity index (χ3n) is 5.41. The number of carbonyl (C=O) groups is 1. The van der Waals surface area contributed by atoms with Gasteiger partial charge in [-0.15, -0.1) is 0 Å². The number of hydrogen-bond acceptors (Lipinski definition) is 4. The van der Waals surface area contributed by atoms with Crippen molar-refractivity contribution < 1.29 is 14.1 Å². The predicted octanol–water partition coefficient (Wildman–Crippen LogP) is 3.43. The Hall–Kier alpha value is -2.11. The Morgan fingerprint density at radius 1 is 1.00 bits per heavy atom. The highest BCUT2D eigenvalue weighted by atomic mass is 16.7. The number of carbonyl (C=O) groups excluding carboxylic acids is 1. The first kappa shape index (κ1) is 18.7. The summed E-state index contributed by atoms with van der Waals surface area (Å²) in [6.45, 7) is 8.83. The number of hydrogen-bond donors (Lipinski definition) is 0. The van der Waals surface area contributed by atoms with Gasteiger partial charge in [0.1, 0.15) is 6.29 Å². The molecule has 2 aromatic carbocycles. The molecule has 0 atom stereocenters. The van der Waals surface area contributed by atoms with E-state index in [4.69, 9.17) is 9.31 Å². The summed E-state index contributed by atoms with van der Waals surface area (Å²) in [5.41, 5.74) is 2.74. The summed E-state index contributed by atoms with van der Waals surface area (Å²) >= 11 is 0. The molecule has 0 radical (unpaired) electrons. The molecule has 0 bridgehead atoms. The summed E-state index contributed by atoms with van der Waals surface area (Å²) in [4.78, 5) is 13.7. The largest absolute Gasteiger partial charge is 0.495 e. The quantitative estimate of drug-likeness (QED) is 0.611. The zero-order chi connectivity index (χ0) is 18.9. The van der Waals surface area contributed by atoms with Crippen LogP contribution in [0.15, 0.2) is 48.5 Å². The zero-order valence-electron chi connectivity index (χ0n) is 16.2. The second-order valence-corrected chi connectivity index (χ2v) is 7.86. The molecule has 1 fully saturated rings. The maximum atomic E-state index is 11.6. The van der Waals surface area contributed by atoms with Crippen molar-refractivity contribution in [3.63, 3.8) is 0 Å². The minimum Gasteiger partial charge on any atom is -0.399 e. The summed E-state index contributed by atoms with van der Waals surface area (Å²) in [6.07, 6.45) is 0.862. The van der Waals surface area contributed by atoms with Crippen LogP contribution < -0.4 is 10.4 Å². The van der Waals surface area contributed by atoms with E-state index >= 15 is 0 Å². The lowest BCUT2D eigenvalue weighted by Gasteiger charge is -2.32. The molecule has 0 N–H and O–H groups in total. The van der Waals surface area contributed by atoms with Crippen molar-refractivity contribution in [1.82, 2.24) is 0 Å². The molecule has 1 saturated heterocycles. The first-order valence-corrected chi connectivity index (χ1v) is 8.93. The smallest absolute Gasteiger partial charge is 0.399 e. The lowest BCUT2D eigenvalue weighted by atomic mass is 9.76. The van der Waals surface area contributed by atoms with Crippen LogP contribution >= 0.6 is 0 Å². The van der Waals surface area contributed by atoms with E-state index < -0.39 is 18.3 Å². The van der Waals surface area contributed by atoms with Crippen molar-refractivity contribution in [2.24, 2.45) is 0 Å². The van der Waals surface area contributed by atoms with Crippen LogP contribution in [-0.4, -0.2) is 31.7 Å². The van der Waals surface area contributed by atoms with Crippen LogP contribution in [0.5, 0.6) is 0 Å². The highest BCUT2D eigenvalue weighted by Gasteiger charge is 2.52. The van der Waals surface area contributed by atoms with Crippen LogP contribution in [0.1, 0.15) is 43.6 Å². The van der Waals surface area contributed by atoms with Crippen LogP contribution in [0.25, 0.3) is 0 Å². The van der Waals surface area contributed by atoms with Gasteiger partial charge in [-0.25, -0.2) is 0 Å². The summed E-state index contributed by atoms with van der Waals surface area (Å²) < 4.78 is 12.3. The fraction of sp³-hybridized carbons (Fsp3) is 0.381. The van der Waals surface area contributed by atoms with E-state index in [1.54, 1.807) is 0 Å². The molecule has 0 amide bonds. The van der Waals surface area contributed by atoms with E-state index in [0.29, 0.717) is 5.56 Å². The van der Waals surface area contributed by atoms with Crippen LogP contribution in [0.2, 0.25) is 0 Å². The van der Waals surface area contributed by atoms with Gasteiger partial charge in [0.2, 0.25) is 0 Å². The molecule has 136 valence electrons. The van der Waals surface area contributed by atoms with Gasteiger partial charge in [0.15, 0.2) is 0 Å². The van der Waals surface area contributed by atoms with Gasteiger partial charge in [0.25, 0.3) is 0 Å². The number of aldehydes is 1. The first-order chi connectivity index (χ1) is 12.2. The SMILES string of the molecule is CN(Cc1ccccc1)c1ccc(C=O)c(B2OC(C)(C)C(C)(C)O2)c1.